The van der Waals surface area contributed by atoms with Gasteiger partial charge < -0.3 is 9.73 Å². The van der Waals surface area contributed by atoms with E-state index in [2.05, 4.69) is 20.5 Å². The number of nitrogens with one attached hydrogen (secondary N) is 1. The predicted molar refractivity (Wildman–Crippen MR) is 89.7 cm³/mol. The van der Waals surface area contributed by atoms with Crippen LogP contribution in [0.5, 0.6) is 0 Å². The molecule has 1 N–H and O–H groups in total. The van der Waals surface area contributed by atoms with E-state index in [1.165, 1.54) is 11.3 Å². The van der Waals surface area contributed by atoms with E-state index >= 15 is 0 Å². The van der Waals surface area contributed by atoms with Gasteiger partial charge in [0.15, 0.2) is 0 Å². The lowest BCUT2D eigenvalue weighted by atomic mass is 10.3. The third-order valence-corrected chi connectivity index (χ3v) is 4.62. The van der Waals surface area contributed by atoms with Crippen molar-refractivity contribution in [2.45, 2.75) is 18.6 Å². The zero-order valence-corrected chi connectivity index (χ0v) is 14.6. The molecule has 2 heterocycles. The standard InChI is InChI=1S/C15H12F2N4O2S2/c1-8-18-10(6-24-8)5-14-20-21-15(23-14)25-7-13(22)19-12-4-9(16)2-3-11(12)17/h2-4,6H,5,7H2,1H3,(H,19,22). The maximum atomic E-state index is 13.5. The van der Waals surface area contributed by atoms with E-state index in [1.807, 2.05) is 12.3 Å². The van der Waals surface area contributed by atoms with Gasteiger partial charge >= 0.3 is 0 Å². The molecule has 0 bridgehead atoms. The average molecular weight is 382 g/mol. The van der Waals surface area contributed by atoms with Gasteiger partial charge in [-0.15, -0.1) is 21.5 Å². The molecule has 0 aliphatic heterocycles. The number of hydrogen-bond acceptors (Lipinski definition) is 7. The van der Waals surface area contributed by atoms with Gasteiger partial charge in [0, 0.05) is 11.4 Å². The third-order valence-electron chi connectivity index (χ3n) is 2.98. The zero-order chi connectivity index (χ0) is 17.8. The molecule has 25 heavy (non-hydrogen) atoms. The first kappa shape index (κ1) is 17.5. The van der Waals surface area contributed by atoms with Crippen LogP contribution in [0.15, 0.2) is 33.2 Å². The summed E-state index contributed by atoms with van der Waals surface area (Å²) in [4.78, 5) is 16.1. The Labute approximate surface area is 149 Å². The molecule has 3 rings (SSSR count). The van der Waals surface area contributed by atoms with Crippen LogP contribution in [0.25, 0.3) is 0 Å². The van der Waals surface area contributed by atoms with Gasteiger partial charge in [-0.3, -0.25) is 4.79 Å². The second kappa shape index (κ2) is 7.70. The molecule has 0 saturated heterocycles. The lowest BCUT2D eigenvalue weighted by molar-refractivity contribution is -0.113. The van der Waals surface area contributed by atoms with E-state index in [0.29, 0.717) is 12.3 Å². The quantitative estimate of drug-likeness (QED) is 0.658. The smallest absolute Gasteiger partial charge is 0.277 e. The second-order valence-corrected chi connectivity index (χ2v) is 6.95. The molecule has 3 aromatic rings. The SMILES string of the molecule is Cc1nc(Cc2nnc(SCC(=O)Nc3cc(F)ccc3F)o2)cs1. The number of rotatable bonds is 6. The van der Waals surface area contributed by atoms with Crippen LogP contribution in [0, 0.1) is 18.6 Å². The summed E-state index contributed by atoms with van der Waals surface area (Å²) in [6, 6.07) is 2.84. The fourth-order valence-corrected chi connectivity index (χ4v) is 3.11. The Bertz CT molecular complexity index is 897. The van der Waals surface area contributed by atoms with E-state index in [-0.39, 0.29) is 16.7 Å². The molecule has 0 fully saturated rings. The Balaban J connectivity index is 1.53. The van der Waals surface area contributed by atoms with Gasteiger partial charge in [-0.1, -0.05) is 11.8 Å². The molecule has 2 aromatic heterocycles. The fraction of sp³-hybridized carbons (Fsp3) is 0.200. The highest BCUT2D eigenvalue weighted by Gasteiger charge is 2.13. The summed E-state index contributed by atoms with van der Waals surface area (Å²) in [7, 11) is 0. The van der Waals surface area contributed by atoms with Crippen LogP contribution in [-0.4, -0.2) is 26.8 Å². The molecule has 130 valence electrons. The number of amides is 1. The summed E-state index contributed by atoms with van der Waals surface area (Å²) in [6.45, 7) is 1.91. The highest BCUT2D eigenvalue weighted by atomic mass is 32.2. The fourth-order valence-electron chi connectivity index (χ4n) is 1.92. The summed E-state index contributed by atoms with van der Waals surface area (Å²) in [5.74, 6) is -1.54. The highest BCUT2D eigenvalue weighted by Crippen LogP contribution is 2.20. The van der Waals surface area contributed by atoms with Crippen molar-refractivity contribution in [2.24, 2.45) is 0 Å². The zero-order valence-electron chi connectivity index (χ0n) is 13.0. The predicted octanol–water partition coefficient (Wildman–Crippen LogP) is 3.43. The van der Waals surface area contributed by atoms with Gasteiger partial charge in [0.25, 0.3) is 5.22 Å². The Hall–Kier alpha value is -2.33. The number of aryl methyl sites for hydroxylation is 1. The van der Waals surface area contributed by atoms with Gasteiger partial charge in [-0.05, 0) is 19.1 Å². The van der Waals surface area contributed by atoms with Crippen LogP contribution < -0.4 is 5.32 Å². The molecule has 0 aliphatic rings. The van der Waals surface area contributed by atoms with Crippen molar-refractivity contribution >= 4 is 34.7 Å². The number of nitrogens with zero attached hydrogens (tertiary/aromatic N) is 3. The van der Waals surface area contributed by atoms with Gasteiger partial charge in [-0.2, -0.15) is 0 Å². The molecular weight excluding hydrogens is 370 g/mol. The van der Waals surface area contributed by atoms with E-state index in [1.54, 1.807) is 0 Å². The third kappa shape index (κ3) is 4.83. The topological polar surface area (TPSA) is 80.9 Å². The maximum Gasteiger partial charge on any atom is 0.277 e. The van der Waals surface area contributed by atoms with Gasteiger partial charge in [0.05, 0.1) is 28.6 Å². The molecule has 1 aromatic carbocycles. The minimum Gasteiger partial charge on any atom is -0.416 e. The van der Waals surface area contributed by atoms with Crippen LogP contribution in [0.1, 0.15) is 16.6 Å². The molecule has 0 aliphatic carbocycles. The number of hydrogen-bond donors (Lipinski definition) is 1. The molecule has 0 saturated carbocycles. The summed E-state index contributed by atoms with van der Waals surface area (Å²) in [5, 5.41) is 13.1. The number of benzene rings is 1. The minimum atomic E-state index is -0.710. The molecule has 10 heteroatoms. The first-order chi connectivity index (χ1) is 12.0. The van der Waals surface area contributed by atoms with E-state index in [9.17, 15) is 13.6 Å². The highest BCUT2D eigenvalue weighted by molar-refractivity contribution is 7.99. The lowest BCUT2D eigenvalue weighted by Gasteiger charge is -2.05. The van der Waals surface area contributed by atoms with Crippen LogP contribution in [-0.2, 0) is 11.2 Å². The molecule has 0 atom stereocenters. The monoisotopic (exact) mass is 382 g/mol. The van der Waals surface area contributed by atoms with Crippen molar-refractivity contribution in [1.29, 1.82) is 0 Å². The first-order valence-corrected chi connectivity index (χ1v) is 8.97. The van der Waals surface area contributed by atoms with E-state index in [0.717, 1.165) is 40.7 Å². The minimum absolute atomic E-state index is 0.0760. The van der Waals surface area contributed by atoms with Crippen LogP contribution in [0.3, 0.4) is 0 Å². The summed E-state index contributed by atoms with van der Waals surface area (Å²) < 4.78 is 32.0. The van der Waals surface area contributed by atoms with Crippen LogP contribution in [0.2, 0.25) is 0 Å². The normalized spacial score (nSPS) is 10.8. The summed E-state index contributed by atoms with van der Waals surface area (Å²) in [6.07, 6.45) is 0.415. The molecular formula is C15H12F2N4O2S2. The second-order valence-electron chi connectivity index (χ2n) is 4.96. The Morgan fingerprint density at radius 1 is 1.36 bits per heavy atom. The maximum absolute atomic E-state index is 13.5. The molecule has 6 nitrogen and oxygen atoms in total. The number of anilines is 1. The number of carbonyl (C=O) groups excluding carboxylic acids is 1. The number of carbonyl (C=O) groups is 1. The average Bonchev–Trinajstić information content (AvgIpc) is 3.18. The number of aromatic nitrogens is 3. The van der Waals surface area contributed by atoms with Gasteiger partial charge in [0.1, 0.15) is 11.6 Å². The first-order valence-electron chi connectivity index (χ1n) is 7.10. The Kier molecular flexibility index (Phi) is 5.39. The molecule has 0 unspecified atom stereocenters. The van der Waals surface area contributed by atoms with Crippen molar-refractivity contribution in [3.05, 3.63) is 51.8 Å². The van der Waals surface area contributed by atoms with Crippen LogP contribution in [0.4, 0.5) is 14.5 Å². The lowest BCUT2D eigenvalue weighted by Crippen LogP contribution is -2.15. The van der Waals surface area contributed by atoms with Crippen molar-refractivity contribution in [1.82, 2.24) is 15.2 Å². The number of thioether (sulfide) groups is 1. The van der Waals surface area contributed by atoms with Crippen LogP contribution >= 0.6 is 23.1 Å². The van der Waals surface area contributed by atoms with E-state index in [4.69, 9.17) is 4.42 Å². The Morgan fingerprint density at radius 2 is 2.20 bits per heavy atom. The number of halogens is 2. The molecule has 1 amide bonds. The molecule has 0 spiro atoms. The number of thiazole rings is 1. The summed E-state index contributed by atoms with van der Waals surface area (Å²) in [5.41, 5.74) is 0.623. The van der Waals surface area contributed by atoms with Gasteiger partial charge in [-0.25, -0.2) is 13.8 Å². The van der Waals surface area contributed by atoms with Crippen molar-refractivity contribution in [3.63, 3.8) is 0 Å². The van der Waals surface area contributed by atoms with Crippen molar-refractivity contribution < 1.29 is 18.0 Å². The van der Waals surface area contributed by atoms with Crippen molar-refractivity contribution in [2.75, 3.05) is 11.1 Å². The van der Waals surface area contributed by atoms with Gasteiger partial charge in [0.2, 0.25) is 11.8 Å². The van der Waals surface area contributed by atoms with E-state index < -0.39 is 17.5 Å². The largest absolute Gasteiger partial charge is 0.416 e. The molecule has 0 radical (unpaired) electrons. The van der Waals surface area contributed by atoms with Crippen molar-refractivity contribution in [3.8, 4) is 0 Å². The Morgan fingerprint density at radius 3 is 2.96 bits per heavy atom. The summed E-state index contributed by atoms with van der Waals surface area (Å²) >= 11 is 2.54.